The van der Waals surface area contributed by atoms with Gasteiger partial charge in [-0.2, -0.15) is 0 Å². The molecule has 0 saturated carbocycles. The van der Waals surface area contributed by atoms with Crippen LogP contribution in [0.2, 0.25) is 0 Å². The van der Waals surface area contributed by atoms with Crippen LogP contribution in [0.3, 0.4) is 0 Å². The van der Waals surface area contributed by atoms with Crippen molar-refractivity contribution in [3.63, 3.8) is 0 Å². The van der Waals surface area contributed by atoms with Crippen molar-refractivity contribution in [2.75, 3.05) is 5.32 Å². The third kappa shape index (κ3) is 3.76. The molecule has 1 heterocycles. The van der Waals surface area contributed by atoms with Gasteiger partial charge in [0.25, 0.3) is 0 Å². The predicted molar refractivity (Wildman–Crippen MR) is 98.5 cm³/mol. The fourth-order valence-electron chi connectivity index (χ4n) is 2.66. The van der Waals surface area contributed by atoms with Crippen LogP contribution in [-0.2, 0) is 25.9 Å². The minimum absolute atomic E-state index is 0. The summed E-state index contributed by atoms with van der Waals surface area (Å²) in [5, 5.41) is 11.1. The van der Waals surface area contributed by atoms with Crippen molar-refractivity contribution in [1.29, 1.82) is 0 Å². The van der Waals surface area contributed by atoms with E-state index in [9.17, 15) is 0 Å². The number of rotatable bonds is 4. The molecule has 22 heavy (non-hydrogen) atoms. The Morgan fingerprint density at radius 3 is 3.00 bits per heavy atom. The lowest BCUT2D eigenvalue weighted by Gasteiger charge is -2.08. The van der Waals surface area contributed by atoms with E-state index in [-0.39, 0.29) is 24.0 Å². The lowest BCUT2D eigenvalue weighted by atomic mass is 10.1. The number of nitrogens with one attached hydrogen (secondary N) is 1. The first-order chi connectivity index (χ1) is 10.3. The van der Waals surface area contributed by atoms with Crippen molar-refractivity contribution >= 4 is 35.6 Å². The summed E-state index contributed by atoms with van der Waals surface area (Å²) in [4.78, 5) is 4.32. The maximum Gasteiger partial charge on any atom is 0.193 e. The van der Waals surface area contributed by atoms with Gasteiger partial charge in [-0.15, -0.1) is 34.2 Å². The first kappa shape index (κ1) is 16.7. The van der Waals surface area contributed by atoms with Gasteiger partial charge >= 0.3 is 0 Å². The second kappa shape index (κ2) is 7.57. The molecule has 0 amide bonds. The number of aliphatic imine (C=N–C) groups is 1. The van der Waals surface area contributed by atoms with Crippen LogP contribution in [0.1, 0.15) is 30.3 Å². The van der Waals surface area contributed by atoms with Gasteiger partial charge in [-0.25, -0.2) is 4.99 Å². The number of aryl methyl sites for hydroxylation is 3. The number of nitrogens with zero attached hydrogens (tertiary/aromatic N) is 4. The van der Waals surface area contributed by atoms with Crippen LogP contribution >= 0.6 is 24.0 Å². The standard InChI is InChI=1S/C15H20N6.HI/c1-2-21-10-18-20-14(21)9-17-15(16)19-13-7-6-11-4-3-5-12(11)8-13;/h6-8,10H,2-5,9H2,1H3,(H3,16,17,19);1H. The molecule has 0 saturated heterocycles. The highest BCUT2D eigenvalue weighted by atomic mass is 127. The number of guanidine groups is 1. The molecule has 0 atom stereocenters. The van der Waals surface area contributed by atoms with Crippen molar-refractivity contribution in [2.24, 2.45) is 10.7 Å². The smallest absolute Gasteiger partial charge is 0.193 e. The van der Waals surface area contributed by atoms with Gasteiger partial charge in [0.1, 0.15) is 12.9 Å². The summed E-state index contributed by atoms with van der Waals surface area (Å²) in [7, 11) is 0. The van der Waals surface area contributed by atoms with Crippen molar-refractivity contribution in [3.8, 4) is 0 Å². The lowest BCUT2D eigenvalue weighted by Crippen LogP contribution is -2.23. The Balaban J connectivity index is 0.00000176. The fraction of sp³-hybridized carbons (Fsp3) is 0.400. The Morgan fingerprint density at radius 1 is 1.36 bits per heavy atom. The molecule has 7 heteroatoms. The van der Waals surface area contributed by atoms with Gasteiger partial charge in [-0.05, 0) is 49.4 Å². The quantitative estimate of drug-likeness (QED) is 0.459. The summed E-state index contributed by atoms with van der Waals surface area (Å²) >= 11 is 0. The number of benzene rings is 1. The summed E-state index contributed by atoms with van der Waals surface area (Å²) in [6, 6.07) is 6.39. The lowest BCUT2D eigenvalue weighted by molar-refractivity contribution is 0.699. The second-order valence-corrected chi connectivity index (χ2v) is 5.20. The zero-order valence-electron chi connectivity index (χ0n) is 12.6. The van der Waals surface area contributed by atoms with Gasteiger partial charge in [-0.1, -0.05) is 6.07 Å². The Hall–Kier alpha value is -1.64. The first-order valence-corrected chi connectivity index (χ1v) is 7.31. The molecule has 0 aliphatic heterocycles. The average Bonchev–Trinajstić information content (AvgIpc) is 3.13. The summed E-state index contributed by atoms with van der Waals surface area (Å²) in [5.74, 6) is 1.22. The van der Waals surface area contributed by atoms with Gasteiger partial charge in [0.15, 0.2) is 11.8 Å². The van der Waals surface area contributed by atoms with Crippen LogP contribution in [0.15, 0.2) is 29.5 Å². The number of hydrogen-bond acceptors (Lipinski definition) is 3. The molecule has 1 aromatic carbocycles. The van der Waals surface area contributed by atoms with Crippen molar-refractivity contribution in [2.45, 2.75) is 39.3 Å². The molecule has 0 fully saturated rings. The molecule has 1 aliphatic rings. The van der Waals surface area contributed by atoms with E-state index in [2.05, 4.69) is 38.7 Å². The molecule has 2 aromatic rings. The Morgan fingerprint density at radius 2 is 2.18 bits per heavy atom. The van der Waals surface area contributed by atoms with Crippen molar-refractivity contribution < 1.29 is 0 Å². The monoisotopic (exact) mass is 412 g/mol. The van der Waals surface area contributed by atoms with E-state index in [4.69, 9.17) is 5.73 Å². The fourth-order valence-corrected chi connectivity index (χ4v) is 2.66. The SMILES string of the molecule is CCn1cnnc1CN=C(N)Nc1ccc2c(c1)CCC2.I. The van der Waals surface area contributed by atoms with Gasteiger partial charge in [0, 0.05) is 12.2 Å². The van der Waals surface area contributed by atoms with E-state index in [1.807, 2.05) is 11.5 Å². The molecule has 0 bridgehead atoms. The molecule has 0 unspecified atom stereocenters. The zero-order chi connectivity index (χ0) is 14.7. The number of nitrogens with two attached hydrogens (primary N) is 1. The number of halogens is 1. The van der Waals surface area contributed by atoms with Gasteiger partial charge < -0.3 is 15.6 Å². The van der Waals surface area contributed by atoms with Crippen LogP contribution in [0.4, 0.5) is 5.69 Å². The van der Waals surface area contributed by atoms with Crippen LogP contribution in [0.5, 0.6) is 0 Å². The largest absolute Gasteiger partial charge is 0.370 e. The van der Waals surface area contributed by atoms with Crippen LogP contribution in [0, 0.1) is 0 Å². The molecule has 1 aromatic heterocycles. The normalized spacial score (nSPS) is 13.6. The molecule has 0 spiro atoms. The third-order valence-electron chi connectivity index (χ3n) is 3.80. The first-order valence-electron chi connectivity index (χ1n) is 7.31. The van der Waals surface area contributed by atoms with E-state index in [1.165, 1.54) is 24.0 Å². The minimum Gasteiger partial charge on any atom is -0.370 e. The van der Waals surface area contributed by atoms with Gasteiger partial charge in [0.05, 0.1) is 0 Å². The van der Waals surface area contributed by atoms with E-state index in [0.29, 0.717) is 12.5 Å². The van der Waals surface area contributed by atoms with Crippen molar-refractivity contribution in [3.05, 3.63) is 41.5 Å². The highest BCUT2D eigenvalue weighted by Gasteiger charge is 2.10. The summed E-state index contributed by atoms with van der Waals surface area (Å²) in [6.07, 6.45) is 5.29. The molecule has 3 rings (SSSR count). The summed E-state index contributed by atoms with van der Waals surface area (Å²) < 4.78 is 1.95. The van der Waals surface area contributed by atoms with Crippen LogP contribution < -0.4 is 11.1 Å². The molecular weight excluding hydrogens is 391 g/mol. The Bertz CT molecular complexity index is 664. The molecule has 3 N–H and O–H groups in total. The van der Waals surface area contributed by atoms with Crippen LogP contribution in [-0.4, -0.2) is 20.7 Å². The summed E-state index contributed by atoms with van der Waals surface area (Å²) in [5.41, 5.74) is 9.80. The second-order valence-electron chi connectivity index (χ2n) is 5.20. The highest BCUT2D eigenvalue weighted by Crippen LogP contribution is 2.24. The van der Waals surface area contributed by atoms with Crippen LogP contribution in [0.25, 0.3) is 0 Å². The molecular formula is C15H21IN6. The zero-order valence-corrected chi connectivity index (χ0v) is 14.9. The third-order valence-corrected chi connectivity index (χ3v) is 3.80. The Kier molecular flexibility index (Phi) is 5.76. The molecule has 118 valence electrons. The summed E-state index contributed by atoms with van der Waals surface area (Å²) in [6.45, 7) is 3.30. The average molecular weight is 412 g/mol. The minimum atomic E-state index is 0. The highest BCUT2D eigenvalue weighted by molar-refractivity contribution is 14.0. The van der Waals surface area contributed by atoms with E-state index in [1.54, 1.807) is 6.33 Å². The number of anilines is 1. The van der Waals surface area contributed by atoms with Crippen molar-refractivity contribution in [1.82, 2.24) is 14.8 Å². The maximum absolute atomic E-state index is 5.94. The molecule has 6 nitrogen and oxygen atoms in total. The maximum atomic E-state index is 5.94. The predicted octanol–water partition coefficient (Wildman–Crippen LogP) is 2.33. The topological polar surface area (TPSA) is 81.1 Å². The van der Waals surface area contributed by atoms with E-state index >= 15 is 0 Å². The number of fused-ring (bicyclic) bond motifs is 1. The number of aromatic nitrogens is 3. The van der Waals surface area contributed by atoms with E-state index in [0.717, 1.165) is 24.5 Å². The molecule has 1 aliphatic carbocycles. The van der Waals surface area contributed by atoms with E-state index < -0.39 is 0 Å². The molecule has 0 radical (unpaired) electrons. The number of hydrogen-bond donors (Lipinski definition) is 2. The van der Waals surface area contributed by atoms with Gasteiger partial charge in [0.2, 0.25) is 0 Å². The van der Waals surface area contributed by atoms with Gasteiger partial charge in [-0.3, -0.25) is 0 Å². The Labute approximate surface area is 147 Å².